The highest BCUT2D eigenvalue weighted by atomic mass is 15.2. The predicted molar refractivity (Wildman–Crippen MR) is 71.2 cm³/mol. The Labute approximate surface area is 104 Å². The van der Waals surface area contributed by atoms with Crippen LogP contribution in [0.2, 0.25) is 0 Å². The van der Waals surface area contributed by atoms with Gasteiger partial charge in [-0.05, 0) is 17.7 Å². The van der Waals surface area contributed by atoms with Crippen molar-refractivity contribution >= 4 is 17.0 Å². The molecule has 5 heteroatoms. The van der Waals surface area contributed by atoms with Crippen molar-refractivity contribution in [2.24, 2.45) is 0 Å². The van der Waals surface area contributed by atoms with Crippen LogP contribution in [-0.4, -0.2) is 14.6 Å². The molecule has 0 bridgehead atoms. The minimum absolute atomic E-state index is 0.643. The van der Waals surface area contributed by atoms with Crippen LogP contribution in [0.25, 0.3) is 5.52 Å². The Morgan fingerprint density at radius 3 is 2.94 bits per heavy atom. The Morgan fingerprint density at radius 2 is 2.06 bits per heavy atom. The zero-order valence-electron chi connectivity index (χ0n) is 9.74. The molecule has 0 saturated carbocycles. The third-order valence-electron chi connectivity index (χ3n) is 2.83. The number of nitrogens with one attached hydrogen (secondary N) is 1. The molecule has 0 amide bonds. The highest BCUT2D eigenvalue weighted by molar-refractivity contribution is 5.67. The van der Waals surface area contributed by atoms with E-state index >= 15 is 0 Å². The van der Waals surface area contributed by atoms with Crippen LogP contribution in [0.4, 0.5) is 11.5 Å². The molecule has 0 spiro atoms. The van der Waals surface area contributed by atoms with E-state index in [1.54, 1.807) is 16.9 Å². The van der Waals surface area contributed by atoms with Crippen molar-refractivity contribution in [3.63, 3.8) is 0 Å². The zero-order chi connectivity index (χ0) is 12.4. The van der Waals surface area contributed by atoms with Gasteiger partial charge in [0, 0.05) is 24.6 Å². The summed E-state index contributed by atoms with van der Waals surface area (Å²) < 4.78 is 1.78. The molecule has 0 atom stereocenters. The van der Waals surface area contributed by atoms with Crippen molar-refractivity contribution in [3.05, 3.63) is 54.5 Å². The molecule has 3 N–H and O–H groups in total. The summed E-state index contributed by atoms with van der Waals surface area (Å²) in [5.74, 6) is 0.804. The minimum atomic E-state index is 0.643. The Kier molecular flexibility index (Phi) is 2.57. The van der Waals surface area contributed by atoms with Gasteiger partial charge in [-0.1, -0.05) is 18.2 Å². The van der Waals surface area contributed by atoms with Crippen LogP contribution >= 0.6 is 0 Å². The van der Waals surface area contributed by atoms with Crippen LogP contribution in [0.15, 0.2) is 48.9 Å². The molecule has 2 heterocycles. The topological polar surface area (TPSA) is 68.2 Å². The van der Waals surface area contributed by atoms with E-state index in [0.29, 0.717) is 6.54 Å². The molecule has 5 nitrogen and oxygen atoms in total. The molecule has 90 valence electrons. The molecule has 0 unspecified atom stereocenters. The summed E-state index contributed by atoms with van der Waals surface area (Å²) in [5, 5.41) is 7.44. The summed E-state index contributed by atoms with van der Waals surface area (Å²) >= 11 is 0. The van der Waals surface area contributed by atoms with Crippen molar-refractivity contribution in [1.29, 1.82) is 0 Å². The fraction of sp³-hybridized carbons (Fsp3) is 0.0769. The van der Waals surface area contributed by atoms with Gasteiger partial charge >= 0.3 is 0 Å². The first kappa shape index (κ1) is 10.6. The van der Waals surface area contributed by atoms with E-state index in [4.69, 9.17) is 5.73 Å². The van der Waals surface area contributed by atoms with E-state index in [2.05, 4.69) is 15.4 Å². The van der Waals surface area contributed by atoms with Crippen molar-refractivity contribution < 1.29 is 0 Å². The SMILES string of the molecule is Nc1ccccc1CNc1nccn2nccc12. The molecule has 18 heavy (non-hydrogen) atoms. The molecule has 0 saturated heterocycles. The maximum absolute atomic E-state index is 5.90. The van der Waals surface area contributed by atoms with Gasteiger partial charge in [0.2, 0.25) is 0 Å². The monoisotopic (exact) mass is 239 g/mol. The van der Waals surface area contributed by atoms with Gasteiger partial charge < -0.3 is 11.1 Å². The van der Waals surface area contributed by atoms with Gasteiger partial charge in [-0.3, -0.25) is 0 Å². The molecule has 0 aliphatic carbocycles. The largest absolute Gasteiger partial charge is 0.398 e. The molecule has 0 fully saturated rings. The fourth-order valence-electron chi connectivity index (χ4n) is 1.87. The zero-order valence-corrected chi connectivity index (χ0v) is 9.74. The average Bonchev–Trinajstić information content (AvgIpc) is 2.86. The van der Waals surface area contributed by atoms with Gasteiger partial charge in [0.15, 0.2) is 5.82 Å². The summed E-state index contributed by atoms with van der Waals surface area (Å²) in [6.45, 7) is 0.643. The third-order valence-corrected chi connectivity index (χ3v) is 2.83. The Balaban J connectivity index is 1.85. The van der Waals surface area contributed by atoms with Crippen LogP contribution < -0.4 is 11.1 Å². The minimum Gasteiger partial charge on any atom is -0.398 e. The van der Waals surface area contributed by atoms with Gasteiger partial charge in [-0.25, -0.2) is 9.50 Å². The number of nitrogens with zero attached hydrogens (tertiary/aromatic N) is 3. The fourth-order valence-corrected chi connectivity index (χ4v) is 1.87. The number of hydrogen-bond acceptors (Lipinski definition) is 4. The summed E-state index contributed by atoms with van der Waals surface area (Å²) in [6.07, 6.45) is 5.28. The lowest BCUT2D eigenvalue weighted by Gasteiger charge is -2.08. The average molecular weight is 239 g/mol. The van der Waals surface area contributed by atoms with Crippen LogP contribution in [-0.2, 0) is 6.54 Å². The summed E-state index contributed by atoms with van der Waals surface area (Å²) in [7, 11) is 0. The number of aromatic nitrogens is 3. The first-order chi connectivity index (χ1) is 8.84. The first-order valence-corrected chi connectivity index (χ1v) is 5.70. The molecule has 3 rings (SSSR count). The first-order valence-electron chi connectivity index (χ1n) is 5.70. The van der Waals surface area contributed by atoms with E-state index in [0.717, 1.165) is 22.6 Å². The molecule has 2 aromatic heterocycles. The highest BCUT2D eigenvalue weighted by Crippen LogP contribution is 2.16. The van der Waals surface area contributed by atoms with E-state index in [1.807, 2.05) is 36.5 Å². The Bertz CT molecular complexity index is 674. The van der Waals surface area contributed by atoms with Crippen molar-refractivity contribution in [3.8, 4) is 0 Å². The van der Waals surface area contributed by atoms with Crippen molar-refractivity contribution in [2.45, 2.75) is 6.54 Å². The number of anilines is 2. The molecule has 1 aromatic carbocycles. The molecule has 3 aromatic rings. The van der Waals surface area contributed by atoms with Crippen LogP contribution in [0, 0.1) is 0 Å². The Hall–Kier alpha value is -2.56. The van der Waals surface area contributed by atoms with Gasteiger partial charge in [0.1, 0.15) is 5.52 Å². The van der Waals surface area contributed by atoms with Crippen LogP contribution in [0.1, 0.15) is 5.56 Å². The van der Waals surface area contributed by atoms with Gasteiger partial charge in [0.25, 0.3) is 0 Å². The highest BCUT2D eigenvalue weighted by Gasteiger charge is 2.03. The van der Waals surface area contributed by atoms with Gasteiger partial charge in [0.05, 0.1) is 6.20 Å². The smallest absolute Gasteiger partial charge is 0.152 e. The Morgan fingerprint density at radius 1 is 1.17 bits per heavy atom. The molecule has 0 aliphatic heterocycles. The lowest BCUT2D eigenvalue weighted by atomic mass is 10.2. The molecular weight excluding hydrogens is 226 g/mol. The summed E-state index contributed by atoms with van der Waals surface area (Å²) in [5.41, 5.74) is 8.69. The van der Waals surface area contributed by atoms with Crippen molar-refractivity contribution in [2.75, 3.05) is 11.1 Å². The number of nitrogen functional groups attached to an aromatic ring is 1. The molecular formula is C13H13N5. The molecule has 0 radical (unpaired) electrons. The van der Waals surface area contributed by atoms with Crippen LogP contribution in [0.5, 0.6) is 0 Å². The maximum Gasteiger partial charge on any atom is 0.152 e. The van der Waals surface area contributed by atoms with E-state index in [9.17, 15) is 0 Å². The second kappa shape index (κ2) is 4.37. The maximum atomic E-state index is 5.90. The van der Waals surface area contributed by atoms with E-state index < -0.39 is 0 Å². The quantitative estimate of drug-likeness (QED) is 0.685. The number of hydrogen-bond donors (Lipinski definition) is 2. The predicted octanol–water partition coefficient (Wildman–Crippen LogP) is 1.92. The molecule has 0 aliphatic rings. The lowest BCUT2D eigenvalue weighted by molar-refractivity contribution is 0.942. The van der Waals surface area contributed by atoms with E-state index in [-0.39, 0.29) is 0 Å². The summed E-state index contributed by atoms with van der Waals surface area (Å²) in [4.78, 5) is 4.31. The standard InChI is InChI=1S/C13H13N5/c14-11-4-2-1-3-10(11)9-16-13-12-5-6-17-18(12)8-7-15-13/h1-8H,9,14H2,(H,15,16). The number of para-hydroxylation sites is 1. The lowest BCUT2D eigenvalue weighted by Crippen LogP contribution is -2.05. The number of benzene rings is 1. The second-order valence-electron chi connectivity index (χ2n) is 3.99. The third kappa shape index (κ3) is 1.86. The second-order valence-corrected chi connectivity index (χ2v) is 3.99. The normalized spacial score (nSPS) is 10.7. The number of fused-ring (bicyclic) bond motifs is 1. The number of nitrogens with two attached hydrogens (primary N) is 1. The van der Waals surface area contributed by atoms with Crippen LogP contribution in [0.3, 0.4) is 0 Å². The van der Waals surface area contributed by atoms with Crippen molar-refractivity contribution in [1.82, 2.24) is 14.6 Å². The van der Waals surface area contributed by atoms with Gasteiger partial charge in [-0.15, -0.1) is 0 Å². The number of rotatable bonds is 3. The van der Waals surface area contributed by atoms with Gasteiger partial charge in [-0.2, -0.15) is 5.10 Å². The summed E-state index contributed by atoms with van der Waals surface area (Å²) in [6, 6.07) is 9.71. The van der Waals surface area contributed by atoms with E-state index in [1.165, 1.54) is 0 Å².